The molecule has 6 nitrogen and oxygen atoms in total. The minimum atomic E-state index is -0.186. The summed E-state index contributed by atoms with van der Waals surface area (Å²) in [4.78, 5) is 19.8. The second-order valence-electron chi connectivity index (χ2n) is 8.12. The van der Waals surface area contributed by atoms with Crippen molar-refractivity contribution in [1.82, 2.24) is 4.98 Å². The highest BCUT2D eigenvalue weighted by molar-refractivity contribution is 7.22. The van der Waals surface area contributed by atoms with E-state index in [2.05, 4.69) is 13.8 Å². The molecule has 0 aliphatic carbocycles. The number of carbonyl (C=O) groups is 1. The standard InChI is InChI=1S/C27H28N2O4S/c1-18(2)20-10-12-21(13-11-20)33-17-24(30)29(16-19-8-6-5-7-9-19)27-28-25-22(31-3)14-15-23(32-4)26(25)34-27/h5-15,18H,16-17H2,1-4H3. The van der Waals surface area contributed by atoms with Gasteiger partial charge in [0, 0.05) is 0 Å². The average molecular weight is 477 g/mol. The zero-order valence-corrected chi connectivity index (χ0v) is 20.6. The molecule has 0 saturated carbocycles. The maximum Gasteiger partial charge on any atom is 0.267 e. The summed E-state index contributed by atoms with van der Waals surface area (Å²) < 4.78 is 17.7. The van der Waals surface area contributed by atoms with E-state index in [9.17, 15) is 4.79 Å². The molecule has 0 aliphatic rings. The molecule has 1 amide bonds. The van der Waals surface area contributed by atoms with Crippen molar-refractivity contribution in [2.75, 3.05) is 25.7 Å². The van der Waals surface area contributed by atoms with Gasteiger partial charge in [-0.2, -0.15) is 0 Å². The van der Waals surface area contributed by atoms with Gasteiger partial charge in [-0.15, -0.1) is 0 Å². The molecule has 0 spiro atoms. The largest absolute Gasteiger partial charge is 0.495 e. The molecule has 0 fully saturated rings. The summed E-state index contributed by atoms with van der Waals surface area (Å²) >= 11 is 1.39. The maximum atomic E-state index is 13.4. The first-order chi connectivity index (χ1) is 16.5. The number of aromatic nitrogens is 1. The zero-order chi connectivity index (χ0) is 24.1. The van der Waals surface area contributed by atoms with Gasteiger partial charge in [-0.3, -0.25) is 9.69 Å². The number of amides is 1. The van der Waals surface area contributed by atoms with Crippen LogP contribution in [-0.4, -0.2) is 31.7 Å². The van der Waals surface area contributed by atoms with Gasteiger partial charge < -0.3 is 14.2 Å². The van der Waals surface area contributed by atoms with Crippen LogP contribution in [-0.2, 0) is 11.3 Å². The van der Waals surface area contributed by atoms with Gasteiger partial charge in [0.25, 0.3) is 5.91 Å². The fourth-order valence-corrected chi connectivity index (χ4v) is 4.68. The Morgan fingerprint density at radius 1 is 0.941 bits per heavy atom. The molecule has 7 heteroatoms. The minimum absolute atomic E-state index is 0.0992. The molecular weight excluding hydrogens is 448 g/mol. The number of ether oxygens (including phenoxy) is 3. The first kappa shape index (κ1) is 23.6. The summed E-state index contributed by atoms with van der Waals surface area (Å²) in [5, 5.41) is 0.561. The van der Waals surface area contributed by atoms with Crippen molar-refractivity contribution >= 4 is 32.6 Å². The molecule has 1 heterocycles. The molecule has 0 aliphatic heterocycles. The molecular formula is C27H28N2O4S. The predicted octanol–water partition coefficient (Wildman–Crippen LogP) is 6.05. The molecule has 1 aromatic heterocycles. The fraction of sp³-hybridized carbons (Fsp3) is 0.259. The predicted molar refractivity (Wildman–Crippen MR) is 136 cm³/mol. The van der Waals surface area contributed by atoms with E-state index in [1.54, 1.807) is 19.1 Å². The lowest BCUT2D eigenvalue weighted by molar-refractivity contribution is -0.120. The Bertz CT molecular complexity index is 1210. The monoisotopic (exact) mass is 476 g/mol. The van der Waals surface area contributed by atoms with Crippen LogP contribution in [0.1, 0.15) is 30.9 Å². The first-order valence-electron chi connectivity index (χ1n) is 11.1. The molecule has 0 unspecified atom stereocenters. The number of benzene rings is 3. The van der Waals surface area contributed by atoms with Crippen molar-refractivity contribution in [3.63, 3.8) is 0 Å². The molecule has 34 heavy (non-hydrogen) atoms. The van der Waals surface area contributed by atoms with Crippen LogP contribution in [0.3, 0.4) is 0 Å². The van der Waals surface area contributed by atoms with E-state index in [1.807, 2.05) is 66.7 Å². The van der Waals surface area contributed by atoms with E-state index in [1.165, 1.54) is 16.9 Å². The normalized spacial score (nSPS) is 11.0. The number of anilines is 1. The van der Waals surface area contributed by atoms with Gasteiger partial charge in [-0.05, 0) is 41.3 Å². The molecule has 3 aromatic carbocycles. The van der Waals surface area contributed by atoms with E-state index in [0.29, 0.717) is 40.4 Å². The summed E-state index contributed by atoms with van der Waals surface area (Å²) in [5.41, 5.74) is 2.88. The van der Waals surface area contributed by atoms with Gasteiger partial charge in [0.15, 0.2) is 11.7 Å². The van der Waals surface area contributed by atoms with Crippen molar-refractivity contribution in [3.8, 4) is 17.2 Å². The van der Waals surface area contributed by atoms with E-state index in [-0.39, 0.29) is 12.5 Å². The molecule has 0 saturated heterocycles. The van der Waals surface area contributed by atoms with Crippen LogP contribution < -0.4 is 19.1 Å². The number of rotatable bonds is 9. The Hall–Kier alpha value is -3.58. The highest BCUT2D eigenvalue weighted by Crippen LogP contribution is 2.40. The molecule has 4 aromatic rings. The number of thiazole rings is 1. The van der Waals surface area contributed by atoms with Crippen LogP contribution in [0.4, 0.5) is 5.13 Å². The number of carbonyl (C=O) groups excluding carboxylic acids is 1. The second-order valence-corrected chi connectivity index (χ2v) is 9.10. The third kappa shape index (κ3) is 5.15. The van der Waals surface area contributed by atoms with E-state index in [0.717, 1.165) is 10.3 Å². The van der Waals surface area contributed by atoms with E-state index < -0.39 is 0 Å². The van der Waals surface area contributed by atoms with Gasteiger partial charge in [0.1, 0.15) is 27.5 Å². The van der Waals surface area contributed by atoms with Crippen LogP contribution in [0, 0.1) is 0 Å². The van der Waals surface area contributed by atoms with Gasteiger partial charge in [-0.1, -0.05) is 67.6 Å². The summed E-state index contributed by atoms with van der Waals surface area (Å²) in [6.45, 7) is 4.56. The summed E-state index contributed by atoms with van der Waals surface area (Å²) in [5.74, 6) is 2.23. The number of methoxy groups -OCH3 is 2. The second kappa shape index (κ2) is 10.6. The van der Waals surface area contributed by atoms with Crippen LogP contribution in [0.2, 0.25) is 0 Å². The van der Waals surface area contributed by atoms with Crippen molar-refractivity contribution in [2.24, 2.45) is 0 Å². The third-order valence-electron chi connectivity index (χ3n) is 5.52. The van der Waals surface area contributed by atoms with E-state index in [4.69, 9.17) is 19.2 Å². The van der Waals surface area contributed by atoms with Crippen LogP contribution in [0.5, 0.6) is 17.2 Å². The first-order valence-corrected chi connectivity index (χ1v) is 11.9. The Labute approximate surface area is 203 Å². The lowest BCUT2D eigenvalue weighted by Gasteiger charge is -2.20. The van der Waals surface area contributed by atoms with Crippen molar-refractivity contribution in [3.05, 3.63) is 77.9 Å². The Kier molecular flexibility index (Phi) is 7.33. The number of hydrogen-bond acceptors (Lipinski definition) is 6. The van der Waals surface area contributed by atoms with Crippen molar-refractivity contribution in [1.29, 1.82) is 0 Å². The molecule has 0 radical (unpaired) electrons. The van der Waals surface area contributed by atoms with Gasteiger partial charge in [-0.25, -0.2) is 4.98 Å². The fourth-order valence-electron chi connectivity index (χ4n) is 3.59. The topological polar surface area (TPSA) is 60.9 Å². The Morgan fingerprint density at radius 3 is 2.26 bits per heavy atom. The van der Waals surface area contributed by atoms with Crippen molar-refractivity contribution < 1.29 is 19.0 Å². The lowest BCUT2D eigenvalue weighted by atomic mass is 10.0. The maximum absolute atomic E-state index is 13.4. The Morgan fingerprint density at radius 2 is 1.62 bits per heavy atom. The van der Waals surface area contributed by atoms with E-state index >= 15 is 0 Å². The van der Waals surface area contributed by atoms with Crippen LogP contribution in [0.25, 0.3) is 10.2 Å². The molecule has 0 N–H and O–H groups in total. The molecule has 176 valence electrons. The Balaban J connectivity index is 1.63. The molecule has 0 atom stereocenters. The number of hydrogen-bond donors (Lipinski definition) is 0. The molecule has 4 rings (SSSR count). The summed E-state index contributed by atoms with van der Waals surface area (Å²) in [7, 11) is 3.22. The zero-order valence-electron chi connectivity index (χ0n) is 19.8. The lowest BCUT2D eigenvalue weighted by Crippen LogP contribution is -2.34. The number of nitrogens with zero attached hydrogens (tertiary/aromatic N) is 2. The highest BCUT2D eigenvalue weighted by atomic mass is 32.1. The average Bonchev–Trinajstić information content (AvgIpc) is 3.31. The highest BCUT2D eigenvalue weighted by Gasteiger charge is 2.23. The van der Waals surface area contributed by atoms with Gasteiger partial charge in [0.2, 0.25) is 0 Å². The summed E-state index contributed by atoms with van der Waals surface area (Å²) in [6.07, 6.45) is 0. The van der Waals surface area contributed by atoms with Gasteiger partial charge >= 0.3 is 0 Å². The minimum Gasteiger partial charge on any atom is -0.495 e. The smallest absolute Gasteiger partial charge is 0.267 e. The van der Waals surface area contributed by atoms with Crippen LogP contribution in [0.15, 0.2) is 66.7 Å². The molecule has 0 bridgehead atoms. The third-order valence-corrected chi connectivity index (χ3v) is 6.62. The van der Waals surface area contributed by atoms with Crippen LogP contribution >= 0.6 is 11.3 Å². The SMILES string of the molecule is COc1ccc(OC)c2sc(N(Cc3ccccc3)C(=O)COc3ccc(C(C)C)cc3)nc12. The van der Waals surface area contributed by atoms with Crippen molar-refractivity contribution in [2.45, 2.75) is 26.3 Å². The quantitative estimate of drug-likeness (QED) is 0.294. The summed E-state index contributed by atoms with van der Waals surface area (Å²) in [6, 6.07) is 21.3. The number of fused-ring (bicyclic) bond motifs is 1. The van der Waals surface area contributed by atoms with Gasteiger partial charge in [0.05, 0.1) is 20.8 Å².